The quantitative estimate of drug-likeness (QED) is 0.635. The zero-order chi connectivity index (χ0) is 21.6. The molecule has 0 bridgehead atoms. The second kappa shape index (κ2) is 7.47. The molecule has 2 aromatic heterocycles. The van der Waals surface area contributed by atoms with Crippen molar-refractivity contribution in [3.63, 3.8) is 0 Å². The number of nitrogens with one attached hydrogen (secondary N) is 1. The van der Waals surface area contributed by atoms with E-state index in [0.29, 0.717) is 4.91 Å². The number of carbonyl (C=O) groups excluding carboxylic acids is 1. The summed E-state index contributed by atoms with van der Waals surface area (Å²) in [6.07, 6.45) is 5.41. The van der Waals surface area contributed by atoms with Crippen LogP contribution in [0.15, 0.2) is 47.9 Å². The van der Waals surface area contributed by atoms with Crippen LogP contribution in [0.3, 0.4) is 0 Å². The number of primary amides is 1. The van der Waals surface area contributed by atoms with Gasteiger partial charge in [-0.1, -0.05) is 44.7 Å². The minimum Gasteiger partial charge on any atom is -0.365 e. The summed E-state index contributed by atoms with van der Waals surface area (Å²) in [7, 11) is 0. The number of nitrogens with zero attached hydrogens (tertiary/aromatic N) is 3. The Morgan fingerprint density at radius 2 is 2.03 bits per heavy atom. The standard InChI is InChI=1S/C23H27N5OS/c1-13-10-15(19-20-17(8-9-25-20)26-12-27-19)6-7-16(13)14(2)28-11-18(21(24)29)30-22(28)23(3,4)5/h6-12,14,22,25H,1-5H3,(H2,24,29). The smallest absolute Gasteiger partial charge is 0.256 e. The number of fused-ring (bicyclic) bond motifs is 1. The summed E-state index contributed by atoms with van der Waals surface area (Å²) >= 11 is 1.56. The van der Waals surface area contributed by atoms with Crippen LogP contribution in [-0.2, 0) is 4.79 Å². The van der Waals surface area contributed by atoms with Gasteiger partial charge in [0.2, 0.25) is 0 Å². The molecule has 0 saturated carbocycles. The molecule has 2 unspecified atom stereocenters. The van der Waals surface area contributed by atoms with Crippen molar-refractivity contribution in [3.05, 3.63) is 59.0 Å². The molecule has 0 saturated heterocycles. The first-order valence-corrected chi connectivity index (χ1v) is 10.9. The third kappa shape index (κ3) is 3.58. The van der Waals surface area contributed by atoms with Crippen LogP contribution in [0.1, 0.15) is 44.9 Å². The summed E-state index contributed by atoms with van der Waals surface area (Å²) in [6.45, 7) is 10.9. The van der Waals surface area contributed by atoms with Crippen LogP contribution in [-0.4, -0.2) is 31.1 Å². The summed E-state index contributed by atoms with van der Waals surface area (Å²) in [6, 6.07) is 8.48. The first kappa shape index (κ1) is 20.5. The van der Waals surface area contributed by atoms with Gasteiger partial charge in [0.05, 0.1) is 33.0 Å². The lowest BCUT2D eigenvalue weighted by Gasteiger charge is -2.39. The second-order valence-electron chi connectivity index (χ2n) is 8.85. The molecule has 1 aliphatic heterocycles. The molecule has 3 heterocycles. The number of aryl methyl sites for hydroxylation is 1. The van der Waals surface area contributed by atoms with Crippen LogP contribution in [0.4, 0.5) is 0 Å². The van der Waals surface area contributed by atoms with E-state index in [4.69, 9.17) is 5.73 Å². The molecule has 3 N–H and O–H groups in total. The molecular weight excluding hydrogens is 394 g/mol. The topological polar surface area (TPSA) is 87.9 Å². The van der Waals surface area contributed by atoms with E-state index in [2.05, 4.69) is 72.7 Å². The Morgan fingerprint density at radius 3 is 2.70 bits per heavy atom. The third-order valence-electron chi connectivity index (χ3n) is 5.55. The van der Waals surface area contributed by atoms with E-state index < -0.39 is 0 Å². The van der Waals surface area contributed by atoms with E-state index >= 15 is 0 Å². The van der Waals surface area contributed by atoms with E-state index in [-0.39, 0.29) is 22.7 Å². The van der Waals surface area contributed by atoms with Crippen molar-refractivity contribution in [1.82, 2.24) is 19.9 Å². The van der Waals surface area contributed by atoms with Crippen LogP contribution < -0.4 is 5.73 Å². The lowest BCUT2D eigenvalue weighted by Crippen LogP contribution is -2.37. The molecule has 6 nitrogen and oxygen atoms in total. The molecule has 3 aromatic rings. The molecule has 1 aliphatic rings. The van der Waals surface area contributed by atoms with Gasteiger partial charge in [0.15, 0.2) is 0 Å². The zero-order valence-electron chi connectivity index (χ0n) is 17.9. The molecular formula is C23H27N5OS. The van der Waals surface area contributed by atoms with Gasteiger partial charge in [-0.25, -0.2) is 9.97 Å². The number of rotatable bonds is 4. The molecule has 30 heavy (non-hydrogen) atoms. The molecule has 1 amide bonds. The highest BCUT2D eigenvalue weighted by atomic mass is 32.2. The summed E-state index contributed by atoms with van der Waals surface area (Å²) in [4.78, 5) is 26.7. The number of thioether (sulfide) groups is 1. The van der Waals surface area contributed by atoms with Crippen LogP contribution in [0, 0.1) is 12.3 Å². The van der Waals surface area contributed by atoms with Crippen molar-refractivity contribution >= 4 is 28.7 Å². The number of amides is 1. The van der Waals surface area contributed by atoms with Gasteiger partial charge >= 0.3 is 0 Å². The average molecular weight is 422 g/mol. The molecule has 0 spiro atoms. The Labute approximate surface area is 181 Å². The number of hydrogen-bond donors (Lipinski definition) is 2. The number of aromatic amines is 1. The van der Waals surface area contributed by atoms with E-state index in [9.17, 15) is 4.79 Å². The monoisotopic (exact) mass is 421 g/mol. The van der Waals surface area contributed by atoms with Gasteiger partial charge < -0.3 is 15.6 Å². The molecule has 4 rings (SSSR count). The fraction of sp³-hybridized carbons (Fsp3) is 0.348. The SMILES string of the molecule is Cc1cc(-c2ncnc3cc[nH]c23)ccc1C(C)N1C=C(C(N)=O)SC1C(C)(C)C. The molecule has 0 radical (unpaired) electrons. The summed E-state index contributed by atoms with van der Waals surface area (Å²) in [5.74, 6) is -0.366. The maximum atomic E-state index is 11.8. The van der Waals surface area contributed by atoms with E-state index in [1.807, 2.05) is 18.5 Å². The maximum absolute atomic E-state index is 11.8. The Morgan fingerprint density at radius 1 is 1.27 bits per heavy atom. The maximum Gasteiger partial charge on any atom is 0.256 e. The number of benzene rings is 1. The van der Waals surface area contributed by atoms with Gasteiger partial charge in [-0.2, -0.15) is 0 Å². The van der Waals surface area contributed by atoms with E-state index in [1.54, 1.807) is 18.1 Å². The highest BCUT2D eigenvalue weighted by Crippen LogP contribution is 2.46. The number of carbonyl (C=O) groups is 1. The van der Waals surface area contributed by atoms with Gasteiger partial charge in [0, 0.05) is 18.0 Å². The fourth-order valence-corrected chi connectivity index (χ4v) is 5.28. The second-order valence-corrected chi connectivity index (χ2v) is 9.97. The van der Waals surface area contributed by atoms with Crippen molar-refractivity contribution in [2.24, 2.45) is 11.1 Å². The van der Waals surface area contributed by atoms with Crippen molar-refractivity contribution in [2.45, 2.75) is 46.0 Å². The molecule has 156 valence electrons. The van der Waals surface area contributed by atoms with Gasteiger partial charge in [-0.3, -0.25) is 4.79 Å². The summed E-state index contributed by atoms with van der Waals surface area (Å²) in [5, 5.41) is 0.134. The summed E-state index contributed by atoms with van der Waals surface area (Å²) < 4.78 is 0. The normalized spacial score (nSPS) is 18.0. The molecule has 0 fully saturated rings. The van der Waals surface area contributed by atoms with Gasteiger partial charge in [0.25, 0.3) is 5.91 Å². The van der Waals surface area contributed by atoms with Crippen molar-refractivity contribution in [2.75, 3.05) is 0 Å². The van der Waals surface area contributed by atoms with Crippen molar-refractivity contribution in [1.29, 1.82) is 0 Å². The first-order valence-electron chi connectivity index (χ1n) is 10.0. The first-order chi connectivity index (χ1) is 14.2. The highest BCUT2D eigenvalue weighted by Gasteiger charge is 2.39. The predicted octanol–water partition coefficient (Wildman–Crippen LogP) is 4.74. The van der Waals surface area contributed by atoms with Gasteiger partial charge in [0.1, 0.15) is 6.33 Å². The Hall–Kier alpha value is -2.80. The molecule has 1 aromatic carbocycles. The van der Waals surface area contributed by atoms with Crippen molar-refractivity contribution in [3.8, 4) is 11.3 Å². The zero-order valence-corrected chi connectivity index (χ0v) is 18.7. The Balaban J connectivity index is 1.70. The van der Waals surface area contributed by atoms with Gasteiger partial charge in [-0.05, 0) is 42.5 Å². The molecule has 2 atom stereocenters. The minimum atomic E-state index is -0.366. The molecule has 7 heteroatoms. The lowest BCUT2D eigenvalue weighted by atomic mass is 9.92. The van der Waals surface area contributed by atoms with Crippen molar-refractivity contribution < 1.29 is 4.79 Å². The number of H-pyrrole nitrogens is 1. The highest BCUT2D eigenvalue weighted by molar-refractivity contribution is 8.04. The van der Waals surface area contributed by atoms with Crippen LogP contribution in [0.25, 0.3) is 22.3 Å². The van der Waals surface area contributed by atoms with E-state index in [0.717, 1.165) is 22.3 Å². The lowest BCUT2D eigenvalue weighted by molar-refractivity contribution is -0.113. The number of nitrogens with two attached hydrogens (primary N) is 1. The van der Waals surface area contributed by atoms with Crippen LogP contribution in [0.5, 0.6) is 0 Å². The minimum absolute atomic E-state index is 0.0132. The predicted molar refractivity (Wildman–Crippen MR) is 122 cm³/mol. The van der Waals surface area contributed by atoms with Crippen LogP contribution in [0.2, 0.25) is 0 Å². The number of aromatic nitrogens is 3. The third-order valence-corrected chi connectivity index (χ3v) is 7.28. The van der Waals surface area contributed by atoms with E-state index in [1.165, 1.54) is 11.1 Å². The summed E-state index contributed by atoms with van der Waals surface area (Å²) in [5.41, 5.74) is 11.8. The number of hydrogen-bond acceptors (Lipinski definition) is 5. The average Bonchev–Trinajstić information content (AvgIpc) is 3.34. The Bertz CT molecular complexity index is 1140. The van der Waals surface area contributed by atoms with Gasteiger partial charge in [-0.15, -0.1) is 0 Å². The Kier molecular flexibility index (Phi) is 5.10. The largest absolute Gasteiger partial charge is 0.365 e. The van der Waals surface area contributed by atoms with Crippen LogP contribution >= 0.6 is 11.8 Å². The molecule has 0 aliphatic carbocycles. The fourth-order valence-electron chi connectivity index (χ4n) is 4.02.